The lowest BCUT2D eigenvalue weighted by Gasteiger charge is -2.28. The van der Waals surface area contributed by atoms with Crippen LogP contribution in [0.3, 0.4) is 0 Å². The molecule has 0 spiro atoms. The van der Waals surface area contributed by atoms with Crippen LogP contribution in [0.5, 0.6) is 23.0 Å². The smallest absolute Gasteiger partial charge is 0.330 e. The van der Waals surface area contributed by atoms with E-state index < -0.39 is 11.9 Å². The number of ether oxygens (including phenoxy) is 8. The lowest BCUT2D eigenvalue weighted by molar-refractivity contribution is -0.145. The Labute approximate surface area is 389 Å². The molecule has 3 fully saturated rings. The average molecular weight is 917 g/mol. The minimum absolute atomic E-state index is 0.174. The number of aryl methyl sites for hydroxylation is 2. The zero-order chi connectivity index (χ0) is 47.9. The molecule has 66 heavy (non-hydrogen) atoms. The van der Waals surface area contributed by atoms with E-state index in [9.17, 15) is 28.8 Å². The molecule has 5 rings (SSSR count). The van der Waals surface area contributed by atoms with E-state index in [1.54, 1.807) is 12.1 Å². The van der Waals surface area contributed by atoms with Crippen LogP contribution >= 0.6 is 0 Å². The van der Waals surface area contributed by atoms with Crippen LogP contribution < -0.4 is 18.9 Å². The van der Waals surface area contributed by atoms with Crippen molar-refractivity contribution in [2.75, 3.05) is 39.6 Å². The molecule has 3 aliphatic rings. The topological polar surface area (TPSA) is 176 Å². The van der Waals surface area contributed by atoms with Gasteiger partial charge in [0.05, 0.1) is 36.9 Å². The number of benzene rings is 2. The molecule has 0 saturated heterocycles. The van der Waals surface area contributed by atoms with Crippen molar-refractivity contribution in [2.45, 2.75) is 119 Å². The van der Waals surface area contributed by atoms with E-state index in [0.29, 0.717) is 135 Å². The van der Waals surface area contributed by atoms with Crippen LogP contribution in [0, 0.1) is 77.0 Å². The molecule has 0 aromatic heterocycles. The van der Waals surface area contributed by atoms with Gasteiger partial charge < -0.3 is 37.9 Å². The molecule has 0 bridgehead atoms. The first-order valence-corrected chi connectivity index (χ1v) is 23.4. The van der Waals surface area contributed by atoms with Crippen LogP contribution in [-0.4, -0.2) is 75.5 Å². The summed E-state index contributed by atoms with van der Waals surface area (Å²) < 4.78 is 45.1. The summed E-state index contributed by atoms with van der Waals surface area (Å²) in [5.41, 5.74) is 4.26. The summed E-state index contributed by atoms with van der Waals surface area (Å²) in [5, 5.41) is 0. The van der Waals surface area contributed by atoms with Gasteiger partial charge in [0, 0.05) is 25.4 Å². The molecule has 0 unspecified atom stereocenters. The van der Waals surface area contributed by atoms with Gasteiger partial charge >= 0.3 is 35.8 Å². The molecule has 0 heterocycles. The fourth-order valence-corrected chi connectivity index (χ4v) is 9.03. The van der Waals surface area contributed by atoms with Crippen molar-refractivity contribution in [2.24, 2.45) is 35.5 Å². The minimum atomic E-state index is -0.477. The fourth-order valence-electron chi connectivity index (χ4n) is 9.03. The number of carbonyl (C=O) groups excluding carboxylic acids is 6. The third-order valence-electron chi connectivity index (χ3n) is 13.5. The minimum Gasteiger partial charge on any atom is -0.460 e. The second-order valence-corrected chi connectivity index (χ2v) is 18.1. The molecular weight excluding hydrogens is 849 g/mol. The van der Waals surface area contributed by atoms with E-state index in [1.165, 1.54) is 0 Å². The Morgan fingerprint density at radius 2 is 0.758 bits per heavy atom. The Morgan fingerprint density at radius 3 is 1.08 bits per heavy atom. The number of esters is 6. The number of rotatable bonds is 20. The van der Waals surface area contributed by atoms with Gasteiger partial charge in [0.15, 0.2) is 0 Å². The SMILES string of the molecule is C=CC(=O)OCCOCC1CCC(C(=O)Oc2c(C)cc(OC(=O)C3CCC(C(=O)Oc4cc(C)c(OC(=O)C5CCC(COCCOC(=O)C=C)CC5)c(C)c4C)CC3)c(C)c2C)CC1. The van der Waals surface area contributed by atoms with E-state index in [1.807, 2.05) is 41.5 Å². The zero-order valence-electron chi connectivity index (χ0n) is 39.6. The average Bonchev–Trinajstić information content (AvgIpc) is 3.32. The highest BCUT2D eigenvalue weighted by atomic mass is 16.6. The van der Waals surface area contributed by atoms with Crippen LogP contribution in [0.1, 0.15) is 110 Å². The summed E-state index contributed by atoms with van der Waals surface area (Å²) >= 11 is 0. The molecule has 0 N–H and O–H groups in total. The maximum absolute atomic E-state index is 13.5. The highest BCUT2D eigenvalue weighted by Gasteiger charge is 2.34. The van der Waals surface area contributed by atoms with Gasteiger partial charge in [0.25, 0.3) is 0 Å². The van der Waals surface area contributed by atoms with Crippen molar-refractivity contribution in [1.29, 1.82) is 0 Å². The Hall–Kier alpha value is -5.34. The summed E-state index contributed by atoms with van der Waals surface area (Å²) in [6.07, 6.45) is 10.2. The van der Waals surface area contributed by atoms with Crippen molar-refractivity contribution in [1.82, 2.24) is 0 Å². The molecule has 0 radical (unpaired) electrons. The fraction of sp³-hybridized carbons (Fsp3) is 0.577. The molecule has 14 nitrogen and oxygen atoms in total. The van der Waals surface area contributed by atoms with Gasteiger partial charge in [-0.1, -0.05) is 13.2 Å². The molecule has 3 saturated carbocycles. The maximum Gasteiger partial charge on any atom is 0.330 e. The highest BCUT2D eigenvalue weighted by molar-refractivity contribution is 5.82. The normalized spacial score (nSPS) is 21.7. The molecule has 360 valence electrons. The van der Waals surface area contributed by atoms with E-state index >= 15 is 0 Å². The van der Waals surface area contributed by atoms with Gasteiger partial charge in [-0.3, -0.25) is 19.2 Å². The van der Waals surface area contributed by atoms with Gasteiger partial charge in [0.2, 0.25) is 0 Å². The van der Waals surface area contributed by atoms with E-state index in [2.05, 4.69) is 13.2 Å². The Balaban J connectivity index is 1.04. The first kappa shape index (κ1) is 51.6. The largest absolute Gasteiger partial charge is 0.460 e. The Bertz CT molecular complexity index is 1930. The standard InChI is InChI=1S/C52H68O14/c1-9-45(53)61-25-23-59-29-37-11-15-39(16-12-37)51(57)65-47-31(3)27-43(33(5)35(47)7)63-49(55)41-19-21-42(22-20-41)50(56)64-44-28-32(4)48(36(8)34(44)6)66-52(58)40-17-13-38(14-18-40)30-60-24-26-62-46(54)10-2/h9-10,27-28,37-42H,1-2,11-26,29-30H2,3-8H3. The van der Waals surface area contributed by atoms with Gasteiger partial charge in [-0.25, -0.2) is 9.59 Å². The highest BCUT2D eigenvalue weighted by Crippen LogP contribution is 2.39. The third-order valence-corrected chi connectivity index (χ3v) is 13.5. The monoisotopic (exact) mass is 916 g/mol. The zero-order valence-corrected chi connectivity index (χ0v) is 39.6. The van der Waals surface area contributed by atoms with Gasteiger partial charge in [-0.2, -0.15) is 0 Å². The van der Waals surface area contributed by atoms with Crippen molar-refractivity contribution in [3.8, 4) is 23.0 Å². The maximum atomic E-state index is 13.5. The number of carbonyl (C=O) groups is 6. The number of hydrogen-bond acceptors (Lipinski definition) is 14. The lowest BCUT2D eigenvalue weighted by Crippen LogP contribution is -2.30. The second-order valence-electron chi connectivity index (χ2n) is 18.1. The third kappa shape index (κ3) is 14.3. The lowest BCUT2D eigenvalue weighted by atomic mass is 9.82. The molecule has 14 heteroatoms. The second kappa shape index (κ2) is 25.0. The van der Waals surface area contributed by atoms with Gasteiger partial charge in [-0.05, 0) is 176 Å². The molecule has 0 atom stereocenters. The first-order chi connectivity index (χ1) is 31.6. The summed E-state index contributed by atoms with van der Waals surface area (Å²) in [5.74, 6) is -0.988. The summed E-state index contributed by atoms with van der Waals surface area (Å²) in [7, 11) is 0. The van der Waals surface area contributed by atoms with Crippen molar-refractivity contribution < 1.29 is 66.7 Å². The van der Waals surface area contributed by atoms with Gasteiger partial charge in [-0.15, -0.1) is 0 Å². The van der Waals surface area contributed by atoms with Crippen LogP contribution in [0.15, 0.2) is 37.4 Å². The predicted molar refractivity (Wildman–Crippen MR) is 244 cm³/mol. The quantitative estimate of drug-likeness (QED) is 0.0533. The number of hydrogen-bond donors (Lipinski definition) is 0. The van der Waals surface area contributed by atoms with Crippen LogP contribution in [0.25, 0.3) is 0 Å². The Morgan fingerprint density at radius 1 is 0.455 bits per heavy atom. The van der Waals surface area contributed by atoms with Crippen molar-refractivity contribution in [3.63, 3.8) is 0 Å². The molecule has 0 aliphatic heterocycles. The molecule has 2 aromatic rings. The summed E-state index contributed by atoms with van der Waals surface area (Å²) in [6, 6.07) is 3.48. The predicted octanol–water partition coefficient (Wildman–Crippen LogP) is 8.77. The van der Waals surface area contributed by atoms with Crippen molar-refractivity contribution >= 4 is 35.8 Å². The van der Waals surface area contributed by atoms with E-state index in [4.69, 9.17) is 37.9 Å². The van der Waals surface area contributed by atoms with Crippen molar-refractivity contribution in [3.05, 3.63) is 70.8 Å². The van der Waals surface area contributed by atoms with Crippen LogP contribution in [0.4, 0.5) is 0 Å². The molecular formula is C52H68O14. The Kier molecular flexibility index (Phi) is 19.5. The summed E-state index contributed by atoms with van der Waals surface area (Å²) in [6.45, 7) is 19.8. The molecule has 2 aromatic carbocycles. The molecule has 3 aliphatic carbocycles. The molecule has 0 amide bonds. The van der Waals surface area contributed by atoms with Crippen LogP contribution in [0.2, 0.25) is 0 Å². The summed E-state index contributed by atoms with van der Waals surface area (Å²) in [4.78, 5) is 75.8. The first-order valence-electron chi connectivity index (χ1n) is 23.4. The van der Waals surface area contributed by atoms with E-state index in [-0.39, 0.29) is 60.8 Å². The van der Waals surface area contributed by atoms with E-state index in [0.717, 1.165) is 49.0 Å². The van der Waals surface area contributed by atoms with Crippen LogP contribution in [-0.2, 0) is 47.7 Å². The van der Waals surface area contributed by atoms with Gasteiger partial charge in [0.1, 0.15) is 36.2 Å².